The Balaban J connectivity index is 0.000000169. The zero-order chi connectivity index (χ0) is 43.6. The minimum atomic E-state index is -1.49. The van der Waals surface area contributed by atoms with Crippen molar-refractivity contribution in [3.8, 4) is 11.5 Å². The highest BCUT2D eigenvalue weighted by molar-refractivity contribution is 6.57. The molecule has 6 aromatic heterocycles. The fourth-order valence-electron chi connectivity index (χ4n) is 7.23. The van der Waals surface area contributed by atoms with Gasteiger partial charge in [0.1, 0.15) is 22.3 Å². The maximum atomic E-state index is 11.6. The van der Waals surface area contributed by atoms with Gasteiger partial charge in [-0.15, -0.1) is 0 Å². The van der Waals surface area contributed by atoms with Crippen molar-refractivity contribution >= 4 is 81.6 Å². The highest BCUT2D eigenvalue weighted by atomic mass is 35.5. The standard InChI is InChI=1S/C19H21ClN4O4.C14H16Cl2N4O3.C5H7BO3/c1-5-13-10(3)16(27-11(4)25)18(28-13)24-17-12(8-21-24)15(22-19(20)23-17)14-7-6-9(2)26-14;1-4-9-6(2)10(22-7(3)21)13(23-9)20-12-8(5-17-20)11(15)18-14(16)19-12;1-4-2-3-5(9-4)6(7)8/h6-8,10,13,16,18H,5H2,1-4H3;5-6,9-10,13H,4H2,1-3H3;2-3,7-8H,1H3/t10-,13-,16-,18-;6-,9-,10-,13-;/m11./s1. The lowest BCUT2D eigenvalue weighted by Crippen LogP contribution is -2.30. The molecule has 2 saturated heterocycles. The normalized spacial score (nSPS) is 23.6. The molecule has 8 atom stereocenters. The van der Waals surface area contributed by atoms with Crippen molar-refractivity contribution in [3.05, 3.63) is 63.9 Å². The predicted octanol–water partition coefficient (Wildman–Crippen LogP) is 6.20. The number of nitrogens with zero attached hydrogens (tertiary/aromatic N) is 8. The first-order valence-electron chi connectivity index (χ1n) is 19.1. The molecule has 60 heavy (non-hydrogen) atoms. The van der Waals surface area contributed by atoms with Crippen molar-refractivity contribution in [3.63, 3.8) is 0 Å². The third-order valence-electron chi connectivity index (χ3n) is 10.1. The topological polar surface area (TPSA) is 225 Å². The lowest BCUT2D eigenvalue weighted by atomic mass is 9.88. The molecule has 0 bridgehead atoms. The summed E-state index contributed by atoms with van der Waals surface area (Å²) in [4.78, 5) is 39.9. The van der Waals surface area contributed by atoms with E-state index in [9.17, 15) is 9.59 Å². The average molecular weight is 890 g/mol. The summed E-state index contributed by atoms with van der Waals surface area (Å²) in [7, 11) is -1.49. The van der Waals surface area contributed by atoms with Gasteiger partial charge in [-0.2, -0.15) is 20.2 Å². The highest BCUT2D eigenvalue weighted by Gasteiger charge is 2.47. The van der Waals surface area contributed by atoms with E-state index in [1.54, 1.807) is 34.7 Å². The van der Waals surface area contributed by atoms with Crippen LogP contribution in [-0.2, 0) is 28.5 Å². The molecule has 2 aliphatic rings. The van der Waals surface area contributed by atoms with Crippen LogP contribution in [0.5, 0.6) is 0 Å². The summed E-state index contributed by atoms with van der Waals surface area (Å²) in [5.74, 6) is 1.34. The van der Waals surface area contributed by atoms with E-state index < -0.39 is 31.8 Å². The molecule has 0 spiro atoms. The molecule has 0 aromatic carbocycles. The number of fused-ring (bicyclic) bond motifs is 2. The molecule has 8 rings (SSSR count). The molecule has 2 aliphatic heterocycles. The number of ether oxygens (including phenoxy) is 4. The Labute approximate surface area is 359 Å². The first-order chi connectivity index (χ1) is 28.5. The van der Waals surface area contributed by atoms with Crippen LogP contribution in [0.4, 0.5) is 0 Å². The first kappa shape index (κ1) is 44.9. The van der Waals surface area contributed by atoms with Crippen LogP contribution in [0.3, 0.4) is 0 Å². The van der Waals surface area contributed by atoms with Crippen molar-refractivity contribution < 1.29 is 47.4 Å². The van der Waals surface area contributed by atoms with Gasteiger partial charge in [0.25, 0.3) is 0 Å². The zero-order valence-corrected chi connectivity index (χ0v) is 36.2. The van der Waals surface area contributed by atoms with Gasteiger partial charge < -0.3 is 37.8 Å². The summed E-state index contributed by atoms with van der Waals surface area (Å²) < 4.78 is 37.0. The van der Waals surface area contributed by atoms with Crippen LogP contribution in [0.15, 0.2) is 45.5 Å². The zero-order valence-electron chi connectivity index (χ0n) is 33.9. The number of hydrogen-bond acceptors (Lipinski definition) is 16. The molecule has 320 valence electrons. The largest absolute Gasteiger partial charge is 0.526 e. The molecule has 2 N–H and O–H groups in total. The third kappa shape index (κ3) is 9.62. The van der Waals surface area contributed by atoms with Crippen molar-refractivity contribution in [1.29, 1.82) is 0 Å². The van der Waals surface area contributed by atoms with Crippen LogP contribution in [0.2, 0.25) is 15.7 Å². The van der Waals surface area contributed by atoms with Gasteiger partial charge in [-0.3, -0.25) is 9.59 Å². The minimum Gasteiger partial charge on any atom is -0.470 e. The van der Waals surface area contributed by atoms with Crippen LogP contribution >= 0.6 is 34.8 Å². The Morgan fingerprint density at radius 2 is 1.22 bits per heavy atom. The predicted molar refractivity (Wildman–Crippen MR) is 219 cm³/mol. The average Bonchev–Trinajstić information content (AvgIpc) is 4.05. The smallest absolute Gasteiger partial charge is 0.470 e. The number of halogens is 3. The molecule has 6 aromatic rings. The van der Waals surface area contributed by atoms with Crippen molar-refractivity contribution in [2.75, 3.05) is 0 Å². The summed E-state index contributed by atoms with van der Waals surface area (Å²) in [5.41, 5.74) is 1.68. The SMILES string of the molecule is CC[C@H]1O[C@@H](n2ncc3c(-c4ccc(C)o4)nc(Cl)nc32)[C@H](OC(C)=O)[C@@H]1C.CC[C@H]1O[C@@H](n2ncc3c(Cl)nc(Cl)nc32)[C@H](OC(C)=O)[C@@H]1C.Cc1ccc(B(O)O)o1. The summed E-state index contributed by atoms with van der Waals surface area (Å²) in [5, 5.41) is 27.3. The number of aryl methyl sites for hydroxylation is 2. The molecule has 0 radical (unpaired) electrons. The van der Waals surface area contributed by atoms with Crippen molar-refractivity contribution in [2.24, 2.45) is 11.8 Å². The maximum absolute atomic E-state index is 11.6. The van der Waals surface area contributed by atoms with Crippen LogP contribution in [0, 0.1) is 25.7 Å². The molecular formula is C38H44BCl3N8O10. The van der Waals surface area contributed by atoms with Gasteiger partial charge in [0.2, 0.25) is 10.6 Å². The van der Waals surface area contributed by atoms with Crippen LogP contribution in [0.25, 0.3) is 33.5 Å². The fourth-order valence-corrected chi connectivity index (χ4v) is 7.81. The molecule has 8 heterocycles. The van der Waals surface area contributed by atoms with Crippen molar-refractivity contribution in [2.45, 2.75) is 105 Å². The van der Waals surface area contributed by atoms with Crippen LogP contribution in [-0.4, -0.2) is 93.0 Å². The van der Waals surface area contributed by atoms with Crippen LogP contribution < -0.4 is 5.66 Å². The number of esters is 2. The van der Waals surface area contributed by atoms with E-state index in [-0.39, 0.29) is 57.4 Å². The van der Waals surface area contributed by atoms with Gasteiger partial charge in [-0.05, 0) is 74.2 Å². The molecule has 0 aliphatic carbocycles. The Kier molecular flexibility index (Phi) is 14.2. The number of aromatic nitrogens is 8. The molecule has 2 fully saturated rings. The minimum absolute atomic E-state index is 0.0163. The molecule has 0 saturated carbocycles. The summed E-state index contributed by atoms with van der Waals surface area (Å²) in [6.07, 6.45) is 2.56. The van der Waals surface area contributed by atoms with Gasteiger partial charge in [-0.25, -0.2) is 19.3 Å². The maximum Gasteiger partial charge on any atom is 0.526 e. The fraction of sp³-hybridized carbons (Fsp3) is 0.474. The number of furan rings is 2. The first-order valence-corrected chi connectivity index (χ1v) is 20.3. The van der Waals surface area contributed by atoms with E-state index in [2.05, 4.69) is 30.1 Å². The molecule has 22 heteroatoms. The van der Waals surface area contributed by atoms with Crippen LogP contribution in [0.1, 0.15) is 78.4 Å². The number of carbonyl (C=O) groups excluding carboxylic acids is 2. The quantitative estimate of drug-likeness (QED) is 0.0751. The van der Waals surface area contributed by atoms with Gasteiger partial charge >= 0.3 is 19.1 Å². The highest BCUT2D eigenvalue weighted by Crippen LogP contribution is 2.41. The van der Waals surface area contributed by atoms with E-state index in [4.69, 9.17) is 72.6 Å². The number of hydrogen-bond donors (Lipinski definition) is 2. The Hall–Kier alpha value is -4.63. The molecule has 18 nitrogen and oxygen atoms in total. The second-order valence-electron chi connectivity index (χ2n) is 14.3. The van der Waals surface area contributed by atoms with E-state index in [0.717, 1.165) is 18.6 Å². The molecule has 0 unspecified atom stereocenters. The Morgan fingerprint density at radius 3 is 1.65 bits per heavy atom. The summed E-state index contributed by atoms with van der Waals surface area (Å²) in [6.45, 7) is 14.4. The van der Waals surface area contributed by atoms with Gasteiger partial charge in [0.15, 0.2) is 41.7 Å². The van der Waals surface area contributed by atoms with E-state index in [1.165, 1.54) is 19.9 Å². The van der Waals surface area contributed by atoms with E-state index in [0.29, 0.717) is 39.3 Å². The Morgan fingerprint density at radius 1 is 0.733 bits per heavy atom. The molecular weight excluding hydrogens is 846 g/mol. The second kappa shape index (κ2) is 19.0. The Bertz CT molecular complexity index is 2460. The lowest BCUT2D eigenvalue weighted by molar-refractivity contribution is -0.154. The molecule has 0 amide bonds. The monoisotopic (exact) mass is 888 g/mol. The summed E-state index contributed by atoms with van der Waals surface area (Å²) >= 11 is 18.2. The summed E-state index contributed by atoms with van der Waals surface area (Å²) in [6, 6.07) is 6.88. The number of carbonyl (C=O) groups is 2. The number of rotatable bonds is 8. The van der Waals surface area contributed by atoms with Gasteiger partial charge in [0, 0.05) is 25.7 Å². The van der Waals surface area contributed by atoms with E-state index >= 15 is 0 Å². The van der Waals surface area contributed by atoms with Gasteiger partial charge in [-0.1, -0.05) is 39.3 Å². The second-order valence-corrected chi connectivity index (χ2v) is 15.4. The lowest BCUT2D eigenvalue weighted by Gasteiger charge is -2.21. The van der Waals surface area contributed by atoms with E-state index in [1.807, 2.05) is 46.8 Å². The van der Waals surface area contributed by atoms with Crippen molar-refractivity contribution in [1.82, 2.24) is 39.5 Å². The third-order valence-corrected chi connectivity index (χ3v) is 10.7. The van der Waals surface area contributed by atoms with Gasteiger partial charge in [0.05, 0.1) is 41.1 Å².